The zero-order chi connectivity index (χ0) is 13.7. The van der Waals surface area contributed by atoms with Crippen molar-refractivity contribution in [1.29, 1.82) is 0 Å². The van der Waals surface area contributed by atoms with E-state index in [9.17, 15) is 17.7 Å². The van der Waals surface area contributed by atoms with Crippen LogP contribution in [-0.4, -0.2) is 19.4 Å². The Labute approximate surface area is 98.8 Å². The molecule has 17 heavy (non-hydrogen) atoms. The maximum Gasteiger partial charge on any atom is 0.431 e. The summed E-state index contributed by atoms with van der Waals surface area (Å²) in [6, 6.07) is 0. The molecule has 0 atom stereocenters. The fourth-order valence-corrected chi connectivity index (χ4v) is 2.72. The van der Waals surface area contributed by atoms with Crippen LogP contribution in [0.4, 0.5) is 13.2 Å². The molecule has 0 fully saturated rings. The lowest BCUT2D eigenvalue weighted by Crippen LogP contribution is -2.14. The molecule has 0 aliphatic carbocycles. The number of rotatable bonds is 5. The first-order valence-corrected chi connectivity index (χ1v) is 6.62. The lowest BCUT2D eigenvalue weighted by Gasteiger charge is -2.20. The van der Waals surface area contributed by atoms with Gasteiger partial charge in [0.2, 0.25) is 0 Å². The van der Waals surface area contributed by atoms with Crippen molar-refractivity contribution >= 4 is 7.60 Å². The Morgan fingerprint density at radius 3 is 1.82 bits per heavy atom. The number of alkyl halides is 3. The minimum Gasteiger partial charge on any atom is -0.305 e. The van der Waals surface area contributed by atoms with Gasteiger partial charge in [0.05, 0.1) is 13.2 Å². The summed E-state index contributed by atoms with van der Waals surface area (Å²) >= 11 is 0. The van der Waals surface area contributed by atoms with Crippen LogP contribution in [0.25, 0.3) is 0 Å². The van der Waals surface area contributed by atoms with Crippen LogP contribution in [0.5, 0.6) is 0 Å². The number of hydrogen-bond donors (Lipinski definition) is 0. The van der Waals surface area contributed by atoms with Crippen molar-refractivity contribution in [3.05, 3.63) is 16.6 Å². The average molecular weight is 272 g/mol. The second-order valence-electron chi connectivity index (χ2n) is 3.30. The molecule has 3 nitrogen and oxygen atoms in total. The van der Waals surface area contributed by atoms with Gasteiger partial charge in [0.25, 0.3) is 0 Å². The van der Waals surface area contributed by atoms with Crippen molar-refractivity contribution < 1.29 is 26.8 Å². The molecule has 0 radical (unpaired) electrons. The highest BCUT2D eigenvalue weighted by Crippen LogP contribution is 2.60. The van der Waals surface area contributed by atoms with E-state index in [1.807, 2.05) is 5.73 Å². The summed E-state index contributed by atoms with van der Waals surface area (Å²) in [5, 5.41) is -1.38. The van der Waals surface area contributed by atoms with E-state index < -0.39 is 19.1 Å². The van der Waals surface area contributed by atoms with E-state index in [4.69, 9.17) is 0 Å². The van der Waals surface area contributed by atoms with E-state index in [0.717, 1.165) is 0 Å². The highest BCUT2D eigenvalue weighted by Gasteiger charge is 2.48. The van der Waals surface area contributed by atoms with Crippen molar-refractivity contribution in [3.8, 4) is 0 Å². The molecule has 0 aromatic carbocycles. The van der Waals surface area contributed by atoms with Crippen molar-refractivity contribution in [2.24, 2.45) is 0 Å². The van der Waals surface area contributed by atoms with Gasteiger partial charge in [0, 0.05) is 0 Å². The van der Waals surface area contributed by atoms with Gasteiger partial charge in [-0.05, 0) is 33.3 Å². The van der Waals surface area contributed by atoms with Gasteiger partial charge in [-0.2, -0.15) is 13.2 Å². The van der Waals surface area contributed by atoms with Gasteiger partial charge >= 0.3 is 13.8 Å². The van der Waals surface area contributed by atoms with E-state index in [1.54, 1.807) is 0 Å². The second-order valence-corrected chi connectivity index (χ2v) is 5.26. The molecule has 0 aromatic heterocycles. The first kappa shape index (κ1) is 16.5. The molecule has 0 unspecified atom stereocenters. The minimum atomic E-state index is -4.79. The summed E-state index contributed by atoms with van der Waals surface area (Å²) in [5.74, 6) is 0. The molecule has 0 rings (SSSR count). The molecule has 0 heterocycles. The van der Waals surface area contributed by atoms with Gasteiger partial charge in [-0.25, -0.2) is 0 Å². The third kappa shape index (κ3) is 5.09. The summed E-state index contributed by atoms with van der Waals surface area (Å²) in [4.78, 5) is 0. The smallest absolute Gasteiger partial charge is 0.305 e. The molecule has 7 heteroatoms. The van der Waals surface area contributed by atoms with Crippen LogP contribution in [0.15, 0.2) is 16.6 Å². The normalized spacial score (nSPS) is 12.2. The van der Waals surface area contributed by atoms with Crippen LogP contribution in [0.1, 0.15) is 27.7 Å². The summed E-state index contributed by atoms with van der Waals surface area (Å²) in [6.45, 7) is 5.47. The molecular formula is C10H16F3O3P. The SMILES string of the molecule is CCOP(=O)(OCC)C(=C=C(C)C)C(F)(F)F. The summed E-state index contributed by atoms with van der Waals surface area (Å²) in [5.41, 5.74) is 2.27. The fraction of sp³-hybridized carbons (Fsp3) is 0.700. The number of allylic oxidation sites excluding steroid dienone is 1. The topological polar surface area (TPSA) is 35.5 Å². The monoisotopic (exact) mass is 272 g/mol. The van der Waals surface area contributed by atoms with Crippen LogP contribution < -0.4 is 0 Å². The van der Waals surface area contributed by atoms with Crippen LogP contribution >= 0.6 is 7.60 Å². The van der Waals surface area contributed by atoms with Crippen molar-refractivity contribution in [1.82, 2.24) is 0 Å². The van der Waals surface area contributed by atoms with Crippen LogP contribution in [0.2, 0.25) is 0 Å². The molecule has 0 saturated carbocycles. The molecule has 100 valence electrons. The molecule has 0 spiro atoms. The third-order valence-corrected chi connectivity index (χ3v) is 3.62. The minimum absolute atomic E-state index is 0.138. The zero-order valence-corrected chi connectivity index (χ0v) is 11.1. The molecule has 0 aromatic rings. The molecule has 0 amide bonds. The Morgan fingerprint density at radius 2 is 1.59 bits per heavy atom. The van der Waals surface area contributed by atoms with Gasteiger partial charge in [-0.3, -0.25) is 4.57 Å². The quantitative estimate of drug-likeness (QED) is 0.554. The third-order valence-electron chi connectivity index (χ3n) is 1.51. The summed E-state index contributed by atoms with van der Waals surface area (Å²) in [6.07, 6.45) is -4.79. The fourth-order valence-electron chi connectivity index (χ4n) is 1.04. The van der Waals surface area contributed by atoms with Gasteiger partial charge in [0.1, 0.15) is 0 Å². The molecular weight excluding hydrogens is 256 g/mol. The van der Waals surface area contributed by atoms with Gasteiger partial charge in [-0.1, -0.05) is 0 Å². The van der Waals surface area contributed by atoms with E-state index in [-0.39, 0.29) is 18.8 Å². The first-order chi connectivity index (χ1) is 7.67. The Morgan fingerprint density at radius 1 is 1.18 bits per heavy atom. The van der Waals surface area contributed by atoms with Crippen molar-refractivity contribution in [3.63, 3.8) is 0 Å². The molecule has 0 N–H and O–H groups in total. The number of halogens is 3. The average Bonchev–Trinajstić information content (AvgIpc) is 2.13. The lowest BCUT2D eigenvalue weighted by atomic mass is 10.3. The zero-order valence-electron chi connectivity index (χ0n) is 10.2. The van der Waals surface area contributed by atoms with Crippen molar-refractivity contribution in [2.75, 3.05) is 13.2 Å². The Balaban J connectivity index is 5.74. The highest BCUT2D eigenvalue weighted by molar-refractivity contribution is 7.58. The molecule has 0 bridgehead atoms. The summed E-state index contributed by atoms with van der Waals surface area (Å²) < 4.78 is 59.7. The highest BCUT2D eigenvalue weighted by atomic mass is 31.2. The van der Waals surface area contributed by atoms with Crippen molar-refractivity contribution in [2.45, 2.75) is 33.9 Å². The molecule has 0 saturated heterocycles. The van der Waals surface area contributed by atoms with Crippen LogP contribution in [0.3, 0.4) is 0 Å². The molecule has 0 aliphatic rings. The molecule has 0 aliphatic heterocycles. The van der Waals surface area contributed by atoms with E-state index in [1.165, 1.54) is 27.7 Å². The largest absolute Gasteiger partial charge is 0.431 e. The first-order valence-electron chi connectivity index (χ1n) is 5.08. The second kappa shape index (κ2) is 6.41. The van der Waals surface area contributed by atoms with Crippen LogP contribution in [0, 0.1) is 0 Å². The van der Waals surface area contributed by atoms with Gasteiger partial charge in [-0.15, -0.1) is 5.73 Å². The Bertz CT molecular complexity index is 353. The summed E-state index contributed by atoms with van der Waals surface area (Å²) in [7, 11) is -4.35. The van der Waals surface area contributed by atoms with Gasteiger partial charge < -0.3 is 9.05 Å². The van der Waals surface area contributed by atoms with Crippen LogP contribution in [-0.2, 0) is 13.6 Å². The number of hydrogen-bond acceptors (Lipinski definition) is 3. The maximum absolute atomic E-state index is 12.8. The van der Waals surface area contributed by atoms with E-state index in [0.29, 0.717) is 0 Å². The Kier molecular flexibility index (Phi) is 6.20. The predicted molar refractivity (Wildman–Crippen MR) is 58.8 cm³/mol. The predicted octanol–water partition coefficient (Wildman–Crippen LogP) is 4.26. The Hall–Kier alpha value is -0.540. The van der Waals surface area contributed by atoms with E-state index in [2.05, 4.69) is 9.05 Å². The lowest BCUT2D eigenvalue weighted by molar-refractivity contribution is -0.0870. The van der Waals surface area contributed by atoms with Gasteiger partial charge in [0.15, 0.2) is 5.31 Å². The maximum atomic E-state index is 12.8. The standard InChI is InChI=1S/C10H16F3O3P/c1-5-15-17(14,16-6-2)9(7-8(3)4)10(11,12)13/h5-6H2,1-4H3. The van der Waals surface area contributed by atoms with E-state index >= 15 is 0 Å².